The lowest BCUT2D eigenvalue weighted by Crippen LogP contribution is -1.94. The van der Waals surface area contributed by atoms with Gasteiger partial charge >= 0.3 is 0 Å². The van der Waals surface area contributed by atoms with Gasteiger partial charge in [0, 0.05) is 18.8 Å². The van der Waals surface area contributed by atoms with Crippen LogP contribution in [0, 0.1) is 0 Å². The van der Waals surface area contributed by atoms with Crippen molar-refractivity contribution in [3.8, 4) is 22.8 Å². The van der Waals surface area contributed by atoms with E-state index >= 15 is 0 Å². The molecule has 0 aliphatic heterocycles. The van der Waals surface area contributed by atoms with E-state index in [1.54, 1.807) is 50.3 Å². The van der Waals surface area contributed by atoms with Gasteiger partial charge in [0.05, 0.1) is 19.8 Å². The first-order chi connectivity index (χ1) is 9.06. The summed E-state index contributed by atoms with van der Waals surface area (Å²) >= 11 is 5.56. The second kappa shape index (κ2) is 5.32. The predicted octanol–water partition coefficient (Wildman–Crippen LogP) is 2.48. The van der Waals surface area contributed by atoms with Gasteiger partial charge in [0.25, 0.3) is 5.24 Å². The van der Waals surface area contributed by atoms with E-state index in [0.29, 0.717) is 22.8 Å². The Morgan fingerprint density at radius 2 is 1.95 bits per heavy atom. The summed E-state index contributed by atoms with van der Waals surface area (Å²) in [7, 11) is 4.84. The summed E-state index contributed by atoms with van der Waals surface area (Å²) in [5.74, 6) is 1.18. The van der Waals surface area contributed by atoms with Crippen LogP contribution < -0.4 is 9.47 Å². The number of carbonyl (C=O) groups is 1. The van der Waals surface area contributed by atoms with Crippen LogP contribution >= 0.6 is 11.6 Å². The molecule has 0 radical (unpaired) electrons. The van der Waals surface area contributed by atoms with E-state index in [0.717, 1.165) is 5.56 Å². The molecule has 6 heteroatoms. The number of benzene rings is 1. The number of nitrogens with zero attached hydrogens (tertiary/aromatic N) is 2. The van der Waals surface area contributed by atoms with Crippen LogP contribution in [-0.4, -0.2) is 29.2 Å². The fourth-order valence-corrected chi connectivity index (χ4v) is 1.97. The first-order valence-electron chi connectivity index (χ1n) is 5.52. The highest BCUT2D eigenvalue weighted by Crippen LogP contribution is 2.33. The molecule has 5 nitrogen and oxygen atoms in total. The molecular formula is C13H13ClN2O3. The van der Waals surface area contributed by atoms with Crippen molar-refractivity contribution in [3.05, 3.63) is 30.0 Å². The molecule has 1 aromatic heterocycles. The minimum absolute atomic E-state index is 0.358. The molecule has 0 saturated carbocycles. The lowest BCUT2D eigenvalue weighted by Gasteiger charge is -2.08. The largest absolute Gasteiger partial charge is 0.493 e. The Labute approximate surface area is 115 Å². The highest BCUT2D eigenvalue weighted by Gasteiger charge is 2.17. The van der Waals surface area contributed by atoms with E-state index in [4.69, 9.17) is 21.1 Å². The first-order valence-corrected chi connectivity index (χ1v) is 5.90. The van der Waals surface area contributed by atoms with Gasteiger partial charge in [-0.2, -0.15) is 5.10 Å². The lowest BCUT2D eigenvalue weighted by atomic mass is 10.1. The molecule has 0 atom stereocenters. The Bertz CT molecular complexity index is 622. The molecule has 1 aromatic carbocycles. The molecule has 0 spiro atoms. The molecule has 0 N–H and O–H groups in total. The van der Waals surface area contributed by atoms with Crippen LogP contribution in [0.25, 0.3) is 11.3 Å². The summed E-state index contributed by atoms with van der Waals surface area (Å²) in [5.41, 5.74) is 1.61. The van der Waals surface area contributed by atoms with E-state index in [1.165, 1.54) is 0 Å². The van der Waals surface area contributed by atoms with Crippen LogP contribution in [0.2, 0.25) is 0 Å². The zero-order valence-corrected chi connectivity index (χ0v) is 11.6. The Hall–Kier alpha value is -2.01. The number of carbonyl (C=O) groups excluding carboxylic acids is 1. The molecule has 0 amide bonds. The van der Waals surface area contributed by atoms with Gasteiger partial charge in [0.1, 0.15) is 5.69 Å². The van der Waals surface area contributed by atoms with Crippen molar-refractivity contribution in [2.75, 3.05) is 14.2 Å². The van der Waals surface area contributed by atoms with Crippen molar-refractivity contribution in [2.24, 2.45) is 7.05 Å². The van der Waals surface area contributed by atoms with Gasteiger partial charge in [0.2, 0.25) is 0 Å². The zero-order chi connectivity index (χ0) is 14.0. The number of halogens is 1. The molecule has 0 saturated heterocycles. The molecule has 2 aromatic rings. The number of rotatable bonds is 4. The lowest BCUT2D eigenvalue weighted by molar-refractivity contribution is 0.108. The third-order valence-corrected chi connectivity index (χ3v) is 2.90. The molecule has 0 bridgehead atoms. The fourth-order valence-electron chi connectivity index (χ4n) is 1.83. The normalized spacial score (nSPS) is 10.3. The maximum absolute atomic E-state index is 11.4. The minimum atomic E-state index is -0.544. The van der Waals surface area contributed by atoms with E-state index in [-0.39, 0.29) is 0 Å². The maximum atomic E-state index is 11.4. The van der Waals surface area contributed by atoms with Crippen LogP contribution in [-0.2, 0) is 7.05 Å². The van der Waals surface area contributed by atoms with Crippen molar-refractivity contribution in [3.63, 3.8) is 0 Å². The van der Waals surface area contributed by atoms with E-state index in [1.807, 2.05) is 0 Å². The Morgan fingerprint density at radius 1 is 1.26 bits per heavy atom. The van der Waals surface area contributed by atoms with Gasteiger partial charge in [-0.1, -0.05) is 0 Å². The number of methoxy groups -OCH3 is 2. The summed E-state index contributed by atoms with van der Waals surface area (Å²) in [4.78, 5) is 11.4. The minimum Gasteiger partial charge on any atom is -0.493 e. The average Bonchev–Trinajstić information content (AvgIpc) is 2.80. The molecule has 1 heterocycles. The molecule has 0 aliphatic carbocycles. The Morgan fingerprint density at radius 3 is 2.53 bits per heavy atom. The van der Waals surface area contributed by atoms with Crippen molar-refractivity contribution < 1.29 is 14.3 Å². The second-order valence-electron chi connectivity index (χ2n) is 3.91. The number of hydrogen-bond acceptors (Lipinski definition) is 4. The average molecular weight is 281 g/mol. The summed E-state index contributed by atoms with van der Waals surface area (Å²) in [5, 5.41) is 3.70. The second-order valence-corrected chi connectivity index (χ2v) is 4.25. The van der Waals surface area contributed by atoms with Gasteiger partial charge in [0.15, 0.2) is 11.5 Å². The van der Waals surface area contributed by atoms with Crippen LogP contribution in [0.5, 0.6) is 11.5 Å². The first kappa shape index (κ1) is 13.4. The van der Waals surface area contributed by atoms with Gasteiger partial charge < -0.3 is 9.47 Å². The van der Waals surface area contributed by atoms with Gasteiger partial charge in [-0.25, -0.2) is 0 Å². The molecule has 0 fully saturated rings. The van der Waals surface area contributed by atoms with Crippen LogP contribution in [0.1, 0.15) is 10.4 Å². The summed E-state index contributed by atoms with van der Waals surface area (Å²) < 4.78 is 11.9. The summed E-state index contributed by atoms with van der Waals surface area (Å²) in [6, 6.07) is 5.31. The molecular weight excluding hydrogens is 268 g/mol. The SMILES string of the molecule is COc1ccc(-c2nn(C)cc2C(=O)Cl)cc1OC. The third-order valence-electron chi connectivity index (χ3n) is 2.70. The van der Waals surface area contributed by atoms with Crippen molar-refractivity contribution in [1.29, 1.82) is 0 Å². The number of aryl methyl sites for hydroxylation is 1. The highest BCUT2D eigenvalue weighted by molar-refractivity contribution is 6.68. The standard InChI is InChI=1S/C13H13ClN2O3/c1-16-7-9(13(14)17)12(15-16)8-4-5-10(18-2)11(6-8)19-3/h4-7H,1-3H3. The zero-order valence-electron chi connectivity index (χ0n) is 10.8. The van der Waals surface area contributed by atoms with Crippen molar-refractivity contribution >= 4 is 16.8 Å². The third kappa shape index (κ3) is 2.56. The fraction of sp³-hybridized carbons (Fsp3) is 0.231. The number of aromatic nitrogens is 2. The van der Waals surface area contributed by atoms with Gasteiger partial charge in [-0.3, -0.25) is 9.48 Å². The topological polar surface area (TPSA) is 53.4 Å². The van der Waals surface area contributed by atoms with Gasteiger partial charge in [-0.15, -0.1) is 0 Å². The smallest absolute Gasteiger partial charge is 0.256 e. The Kier molecular flexibility index (Phi) is 3.76. The summed E-state index contributed by atoms with van der Waals surface area (Å²) in [6.45, 7) is 0. The molecule has 100 valence electrons. The van der Waals surface area contributed by atoms with E-state index in [2.05, 4.69) is 5.10 Å². The number of ether oxygens (including phenoxy) is 2. The molecule has 2 rings (SSSR count). The van der Waals surface area contributed by atoms with Crippen molar-refractivity contribution in [1.82, 2.24) is 9.78 Å². The Balaban J connectivity index is 2.56. The molecule has 0 unspecified atom stereocenters. The van der Waals surface area contributed by atoms with Crippen LogP contribution in [0.15, 0.2) is 24.4 Å². The van der Waals surface area contributed by atoms with Crippen LogP contribution in [0.3, 0.4) is 0 Å². The van der Waals surface area contributed by atoms with Crippen molar-refractivity contribution in [2.45, 2.75) is 0 Å². The maximum Gasteiger partial charge on any atom is 0.256 e. The highest BCUT2D eigenvalue weighted by atomic mass is 35.5. The molecule has 0 aliphatic rings. The quantitative estimate of drug-likeness (QED) is 0.808. The summed E-state index contributed by atoms with van der Waals surface area (Å²) in [6.07, 6.45) is 1.58. The van der Waals surface area contributed by atoms with E-state index < -0.39 is 5.24 Å². The monoisotopic (exact) mass is 280 g/mol. The molecule has 19 heavy (non-hydrogen) atoms. The number of hydrogen-bond donors (Lipinski definition) is 0. The van der Waals surface area contributed by atoms with E-state index in [9.17, 15) is 4.79 Å². The predicted molar refractivity (Wildman–Crippen MR) is 71.9 cm³/mol. The van der Waals surface area contributed by atoms with Gasteiger partial charge in [-0.05, 0) is 29.8 Å². The van der Waals surface area contributed by atoms with Crippen LogP contribution in [0.4, 0.5) is 0 Å².